The molecule has 0 saturated carbocycles. The van der Waals surface area contributed by atoms with Crippen LogP contribution in [0.1, 0.15) is 50.9 Å². The van der Waals surface area contributed by atoms with Crippen LogP contribution in [0, 0.1) is 17.2 Å². The van der Waals surface area contributed by atoms with E-state index in [0.717, 1.165) is 6.42 Å². The quantitative estimate of drug-likeness (QED) is 0.489. The van der Waals surface area contributed by atoms with Crippen molar-refractivity contribution in [1.29, 1.82) is 0 Å². The maximum atomic E-state index is 13.8. The molecule has 0 saturated heterocycles. The molecule has 0 fully saturated rings. The van der Waals surface area contributed by atoms with E-state index < -0.39 is 5.82 Å². The van der Waals surface area contributed by atoms with Crippen molar-refractivity contribution >= 4 is 33.3 Å². The SMILES string of the molecule is CC(CC(=O)c1cc(Cl)c(Br)cc1F)CC(C)(C)C. The van der Waals surface area contributed by atoms with E-state index in [4.69, 9.17) is 11.6 Å². The minimum atomic E-state index is -0.524. The van der Waals surface area contributed by atoms with E-state index in [2.05, 4.69) is 36.7 Å². The van der Waals surface area contributed by atoms with Crippen LogP contribution in [0.15, 0.2) is 16.6 Å². The van der Waals surface area contributed by atoms with Crippen molar-refractivity contribution in [2.75, 3.05) is 0 Å². The predicted octanol–water partition coefficient (Wildman–Crippen LogP) is 5.89. The summed E-state index contributed by atoms with van der Waals surface area (Å²) in [5.74, 6) is -0.498. The standard InChI is InChI=1S/C15H19BrClFO/c1-9(8-15(2,3)4)5-14(19)10-6-12(17)11(16)7-13(10)18/h6-7,9H,5,8H2,1-4H3. The number of carbonyl (C=O) groups excluding carboxylic acids is 1. The summed E-state index contributed by atoms with van der Waals surface area (Å²) in [6, 6.07) is 2.64. The molecule has 0 heterocycles. The van der Waals surface area contributed by atoms with E-state index in [-0.39, 0.29) is 22.7 Å². The molecule has 0 spiro atoms. The number of ketones is 1. The fraction of sp³-hybridized carbons (Fsp3) is 0.533. The summed E-state index contributed by atoms with van der Waals surface area (Å²) >= 11 is 9.04. The second kappa shape index (κ2) is 6.36. The van der Waals surface area contributed by atoms with Crippen LogP contribution in [0.2, 0.25) is 5.02 Å². The fourth-order valence-corrected chi connectivity index (χ4v) is 2.76. The maximum absolute atomic E-state index is 13.8. The molecule has 0 amide bonds. The zero-order valence-corrected chi connectivity index (χ0v) is 14.0. The molecule has 1 nitrogen and oxygen atoms in total. The zero-order chi connectivity index (χ0) is 14.8. The zero-order valence-electron chi connectivity index (χ0n) is 11.7. The Morgan fingerprint density at radius 2 is 2.00 bits per heavy atom. The van der Waals surface area contributed by atoms with Gasteiger partial charge < -0.3 is 0 Å². The van der Waals surface area contributed by atoms with Crippen molar-refractivity contribution < 1.29 is 9.18 Å². The number of rotatable bonds is 4. The van der Waals surface area contributed by atoms with Gasteiger partial charge >= 0.3 is 0 Å². The first-order chi connectivity index (χ1) is 8.60. The van der Waals surface area contributed by atoms with Crippen molar-refractivity contribution in [3.05, 3.63) is 33.0 Å². The van der Waals surface area contributed by atoms with E-state index in [9.17, 15) is 9.18 Å². The average Bonchev–Trinajstić information content (AvgIpc) is 2.20. The Kier molecular flexibility index (Phi) is 5.57. The highest BCUT2D eigenvalue weighted by Gasteiger charge is 2.20. The van der Waals surface area contributed by atoms with Crippen LogP contribution in [0.3, 0.4) is 0 Å². The lowest BCUT2D eigenvalue weighted by Gasteiger charge is -2.22. The normalized spacial score (nSPS) is 13.4. The lowest BCUT2D eigenvalue weighted by Crippen LogP contribution is -2.15. The summed E-state index contributed by atoms with van der Waals surface area (Å²) in [4.78, 5) is 12.1. The van der Waals surface area contributed by atoms with Crippen LogP contribution in [0.5, 0.6) is 0 Å². The number of benzene rings is 1. The Balaban J connectivity index is 2.82. The molecule has 0 N–H and O–H groups in total. The molecule has 0 radical (unpaired) electrons. The highest BCUT2D eigenvalue weighted by Crippen LogP contribution is 2.29. The lowest BCUT2D eigenvalue weighted by atomic mass is 9.83. The van der Waals surface area contributed by atoms with Crippen LogP contribution in [0.25, 0.3) is 0 Å². The summed E-state index contributed by atoms with van der Waals surface area (Å²) in [6.07, 6.45) is 1.26. The molecular weight excluding hydrogens is 331 g/mol. The van der Waals surface area contributed by atoms with Gasteiger partial charge in [-0.05, 0) is 45.8 Å². The second-order valence-electron chi connectivity index (χ2n) is 6.24. The molecule has 4 heteroatoms. The summed E-state index contributed by atoms with van der Waals surface area (Å²) in [5.41, 5.74) is 0.240. The van der Waals surface area contributed by atoms with Crippen molar-refractivity contribution in [2.24, 2.45) is 11.3 Å². The van der Waals surface area contributed by atoms with Gasteiger partial charge in [0.1, 0.15) is 5.82 Å². The summed E-state index contributed by atoms with van der Waals surface area (Å²) in [6.45, 7) is 8.41. The second-order valence-corrected chi connectivity index (χ2v) is 7.50. The van der Waals surface area contributed by atoms with Crippen LogP contribution >= 0.6 is 27.5 Å². The molecule has 0 aliphatic carbocycles. The highest BCUT2D eigenvalue weighted by molar-refractivity contribution is 9.10. The Hall–Kier alpha value is -0.410. The first kappa shape index (κ1) is 16.6. The highest BCUT2D eigenvalue weighted by atomic mass is 79.9. The Bertz CT molecular complexity index is 480. The molecule has 1 unspecified atom stereocenters. The first-order valence-electron chi connectivity index (χ1n) is 6.28. The molecule has 0 aromatic heterocycles. The number of carbonyl (C=O) groups is 1. The Labute approximate surface area is 127 Å². The van der Waals surface area contributed by atoms with Gasteiger partial charge in [0, 0.05) is 10.9 Å². The van der Waals surface area contributed by atoms with Crippen LogP contribution in [0.4, 0.5) is 4.39 Å². The fourth-order valence-electron chi connectivity index (χ4n) is 2.28. The molecule has 0 aliphatic heterocycles. The number of Topliss-reactive ketones (excluding diaryl/α,β-unsaturated/α-hetero) is 1. The number of hydrogen-bond acceptors (Lipinski definition) is 1. The van der Waals surface area contributed by atoms with Gasteiger partial charge in [-0.15, -0.1) is 0 Å². The summed E-state index contributed by atoms with van der Waals surface area (Å²) in [5, 5.41) is 0.355. The smallest absolute Gasteiger partial charge is 0.166 e. The van der Waals surface area contributed by atoms with Gasteiger partial charge in [-0.25, -0.2) is 4.39 Å². The third-order valence-corrected chi connectivity index (χ3v) is 4.00. The van der Waals surface area contributed by atoms with Crippen LogP contribution in [-0.4, -0.2) is 5.78 Å². The third-order valence-electron chi connectivity index (χ3n) is 2.81. The lowest BCUT2D eigenvalue weighted by molar-refractivity contribution is 0.0950. The number of halogens is 3. The van der Waals surface area contributed by atoms with E-state index >= 15 is 0 Å². The van der Waals surface area contributed by atoms with Gasteiger partial charge in [0.25, 0.3) is 0 Å². The van der Waals surface area contributed by atoms with E-state index in [1.165, 1.54) is 12.1 Å². The first-order valence-corrected chi connectivity index (χ1v) is 7.45. The van der Waals surface area contributed by atoms with Gasteiger partial charge in [0.15, 0.2) is 5.78 Å². The molecule has 0 bridgehead atoms. The van der Waals surface area contributed by atoms with Crippen LogP contribution in [-0.2, 0) is 0 Å². The van der Waals surface area contributed by atoms with Gasteiger partial charge in [0.05, 0.1) is 10.6 Å². The molecule has 1 atom stereocenters. The van der Waals surface area contributed by atoms with Gasteiger partial charge in [-0.3, -0.25) is 4.79 Å². The Morgan fingerprint density at radius 3 is 2.53 bits per heavy atom. The van der Waals surface area contributed by atoms with Crippen LogP contribution < -0.4 is 0 Å². The minimum Gasteiger partial charge on any atom is -0.294 e. The molecule has 0 aliphatic rings. The molecule has 1 aromatic carbocycles. The topological polar surface area (TPSA) is 17.1 Å². The average molecular weight is 350 g/mol. The third kappa shape index (κ3) is 5.23. The Morgan fingerprint density at radius 1 is 1.42 bits per heavy atom. The molecule has 19 heavy (non-hydrogen) atoms. The van der Waals surface area contributed by atoms with Crippen molar-refractivity contribution in [2.45, 2.75) is 40.5 Å². The van der Waals surface area contributed by atoms with Gasteiger partial charge in [0.2, 0.25) is 0 Å². The summed E-state index contributed by atoms with van der Waals surface area (Å²) in [7, 11) is 0. The minimum absolute atomic E-state index is 0.0777. The van der Waals surface area contributed by atoms with Crippen molar-refractivity contribution in [3.63, 3.8) is 0 Å². The molecule has 106 valence electrons. The predicted molar refractivity (Wildman–Crippen MR) is 81.3 cm³/mol. The van der Waals surface area contributed by atoms with Gasteiger partial charge in [-0.2, -0.15) is 0 Å². The van der Waals surface area contributed by atoms with E-state index in [1.54, 1.807) is 0 Å². The maximum Gasteiger partial charge on any atom is 0.166 e. The van der Waals surface area contributed by atoms with Gasteiger partial charge in [-0.1, -0.05) is 39.3 Å². The summed E-state index contributed by atoms with van der Waals surface area (Å²) < 4.78 is 14.2. The van der Waals surface area contributed by atoms with Crippen molar-refractivity contribution in [1.82, 2.24) is 0 Å². The molecule has 1 rings (SSSR count). The largest absolute Gasteiger partial charge is 0.294 e. The molecule has 1 aromatic rings. The van der Waals surface area contributed by atoms with E-state index in [0.29, 0.717) is 15.9 Å². The monoisotopic (exact) mass is 348 g/mol. The molecular formula is C15H19BrClFO. The van der Waals surface area contributed by atoms with Crippen molar-refractivity contribution in [3.8, 4) is 0 Å². The van der Waals surface area contributed by atoms with E-state index in [1.807, 2.05) is 6.92 Å². The number of hydrogen-bond donors (Lipinski definition) is 0.